The third-order valence-electron chi connectivity index (χ3n) is 6.80. The van der Waals surface area contributed by atoms with E-state index in [1.807, 2.05) is 0 Å². The average Bonchev–Trinajstić information content (AvgIpc) is 3.52. The molecule has 2 N–H and O–H groups in total. The Bertz CT molecular complexity index is 1460. The number of hydrogen-bond donors (Lipinski definition) is 2. The normalized spacial score (nSPS) is 19.4. The van der Waals surface area contributed by atoms with Crippen LogP contribution in [0.4, 0.5) is 15.9 Å². The number of nitrogens with one attached hydrogen (secondary N) is 2. The first-order valence-electron chi connectivity index (χ1n) is 11.1. The average molecular weight is 443 g/mol. The van der Waals surface area contributed by atoms with Gasteiger partial charge in [-0.15, -0.1) is 0 Å². The highest BCUT2D eigenvalue weighted by Gasteiger charge is 2.39. The molecule has 8 nitrogen and oxygen atoms in total. The SMILES string of the molecule is CNc1cc(F)cc2c1[nH]c1nc(Oc3cnc(C#N)c(C)c3)nc(N3CC4CCC3C4)c12. The molecule has 2 bridgehead atoms. The lowest BCUT2D eigenvalue weighted by Gasteiger charge is -2.28. The second-order valence-electron chi connectivity index (χ2n) is 8.84. The number of pyridine rings is 1. The highest BCUT2D eigenvalue weighted by Crippen LogP contribution is 2.44. The Morgan fingerprint density at radius 3 is 2.85 bits per heavy atom. The summed E-state index contributed by atoms with van der Waals surface area (Å²) in [6.07, 6.45) is 5.01. The van der Waals surface area contributed by atoms with Crippen LogP contribution in [0.5, 0.6) is 11.8 Å². The fourth-order valence-corrected chi connectivity index (χ4v) is 5.29. The van der Waals surface area contributed by atoms with Crippen LogP contribution in [0.25, 0.3) is 21.9 Å². The van der Waals surface area contributed by atoms with Crippen molar-refractivity contribution in [2.45, 2.75) is 32.2 Å². The van der Waals surface area contributed by atoms with Gasteiger partial charge < -0.3 is 19.9 Å². The van der Waals surface area contributed by atoms with Gasteiger partial charge in [0.2, 0.25) is 0 Å². The van der Waals surface area contributed by atoms with Crippen molar-refractivity contribution in [1.82, 2.24) is 19.9 Å². The van der Waals surface area contributed by atoms with E-state index in [1.165, 1.54) is 24.8 Å². The van der Waals surface area contributed by atoms with Gasteiger partial charge in [-0.2, -0.15) is 15.2 Å². The van der Waals surface area contributed by atoms with Crippen molar-refractivity contribution in [3.05, 3.63) is 41.5 Å². The van der Waals surface area contributed by atoms with Crippen molar-refractivity contribution in [2.24, 2.45) is 5.92 Å². The lowest BCUT2D eigenvalue weighted by Crippen LogP contribution is -2.32. The molecule has 1 saturated carbocycles. The molecule has 6 rings (SSSR count). The largest absolute Gasteiger partial charge is 0.423 e. The Morgan fingerprint density at radius 1 is 1.27 bits per heavy atom. The first-order chi connectivity index (χ1) is 16.0. The van der Waals surface area contributed by atoms with Crippen LogP contribution in [0.15, 0.2) is 24.4 Å². The van der Waals surface area contributed by atoms with E-state index in [4.69, 9.17) is 15.0 Å². The van der Waals surface area contributed by atoms with E-state index in [1.54, 1.807) is 20.0 Å². The summed E-state index contributed by atoms with van der Waals surface area (Å²) >= 11 is 0. The van der Waals surface area contributed by atoms with Crippen molar-refractivity contribution in [1.29, 1.82) is 5.26 Å². The minimum Gasteiger partial charge on any atom is -0.423 e. The smallest absolute Gasteiger partial charge is 0.326 e. The summed E-state index contributed by atoms with van der Waals surface area (Å²) in [6, 6.07) is 7.40. The predicted octanol–water partition coefficient (Wildman–Crippen LogP) is 4.65. The second kappa shape index (κ2) is 7.30. The first-order valence-corrected chi connectivity index (χ1v) is 11.1. The van der Waals surface area contributed by atoms with Crippen LogP contribution in [-0.2, 0) is 0 Å². The first kappa shape index (κ1) is 19.7. The standard InChI is InChI=1S/C24H22FN7O/c1-12-5-16(10-28-19(12)9-26)33-24-30-22-20(17-7-14(25)8-18(27-2)21(17)29-22)23(31-24)32-11-13-3-4-15(32)6-13/h5,7-8,10,13,15,27H,3-4,6,11H2,1-2H3,(H,29,30,31). The Kier molecular flexibility index (Phi) is 4.37. The van der Waals surface area contributed by atoms with Gasteiger partial charge in [0.05, 0.1) is 22.8 Å². The van der Waals surface area contributed by atoms with Crippen LogP contribution in [0.2, 0.25) is 0 Å². The van der Waals surface area contributed by atoms with Crippen LogP contribution in [-0.4, -0.2) is 39.6 Å². The molecule has 1 aliphatic carbocycles. The van der Waals surface area contributed by atoms with E-state index in [9.17, 15) is 4.39 Å². The lowest BCUT2D eigenvalue weighted by atomic mass is 10.1. The molecular weight excluding hydrogens is 421 g/mol. The van der Waals surface area contributed by atoms with Crippen molar-refractivity contribution in [3.63, 3.8) is 0 Å². The molecule has 2 aliphatic rings. The minimum atomic E-state index is -0.318. The summed E-state index contributed by atoms with van der Waals surface area (Å²) in [5.41, 5.74) is 3.10. The number of ether oxygens (including phenoxy) is 1. The van der Waals surface area contributed by atoms with Gasteiger partial charge in [0.1, 0.15) is 34.8 Å². The number of aromatic amines is 1. The zero-order valence-electron chi connectivity index (χ0n) is 18.3. The number of fused-ring (bicyclic) bond motifs is 5. The molecule has 2 fully saturated rings. The fraction of sp³-hybridized carbons (Fsp3) is 0.333. The zero-order valence-corrected chi connectivity index (χ0v) is 18.3. The van der Waals surface area contributed by atoms with Gasteiger partial charge in [0, 0.05) is 25.0 Å². The Labute approximate surface area is 189 Å². The summed E-state index contributed by atoms with van der Waals surface area (Å²) in [6.45, 7) is 2.73. The van der Waals surface area contributed by atoms with Crippen LogP contribution >= 0.6 is 0 Å². The number of piperidine rings is 1. The van der Waals surface area contributed by atoms with E-state index in [-0.39, 0.29) is 11.8 Å². The van der Waals surface area contributed by atoms with Crippen LogP contribution in [0.1, 0.15) is 30.5 Å². The highest BCUT2D eigenvalue weighted by molar-refractivity contribution is 6.14. The molecule has 4 heterocycles. The van der Waals surface area contributed by atoms with Gasteiger partial charge in [0.25, 0.3) is 0 Å². The molecule has 2 unspecified atom stereocenters. The van der Waals surface area contributed by atoms with Crippen molar-refractivity contribution < 1.29 is 9.13 Å². The molecule has 1 aliphatic heterocycles. The molecule has 9 heteroatoms. The number of nitriles is 1. The van der Waals surface area contributed by atoms with E-state index in [0.29, 0.717) is 40.3 Å². The Hall–Kier alpha value is -3.93. The molecule has 1 aromatic carbocycles. The fourth-order valence-electron chi connectivity index (χ4n) is 5.29. The van der Waals surface area contributed by atoms with E-state index < -0.39 is 0 Å². The molecule has 33 heavy (non-hydrogen) atoms. The highest BCUT2D eigenvalue weighted by atomic mass is 19.1. The van der Waals surface area contributed by atoms with Gasteiger partial charge in [-0.3, -0.25) is 0 Å². The third-order valence-corrected chi connectivity index (χ3v) is 6.80. The number of aromatic nitrogens is 4. The molecule has 4 aromatic rings. The van der Waals surface area contributed by atoms with Gasteiger partial charge >= 0.3 is 6.01 Å². The maximum Gasteiger partial charge on any atom is 0.326 e. The number of halogens is 1. The molecule has 166 valence electrons. The van der Waals surface area contributed by atoms with E-state index in [2.05, 4.69) is 31.2 Å². The molecule has 2 atom stereocenters. The molecule has 0 spiro atoms. The Balaban J connectivity index is 1.54. The summed E-state index contributed by atoms with van der Waals surface area (Å²) in [5, 5.41) is 13.7. The second-order valence-corrected chi connectivity index (χ2v) is 8.84. The topological polar surface area (TPSA) is 103 Å². The number of aryl methyl sites for hydroxylation is 1. The maximum atomic E-state index is 14.5. The number of benzene rings is 1. The molecule has 3 aromatic heterocycles. The Morgan fingerprint density at radius 2 is 2.15 bits per heavy atom. The number of nitrogens with zero attached hydrogens (tertiary/aromatic N) is 5. The molecule has 0 radical (unpaired) electrons. The van der Waals surface area contributed by atoms with Gasteiger partial charge in [-0.25, -0.2) is 9.37 Å². The zero-order chi connectivity index (χ0) is 22.7. The van der Waals surface area contributed by atoms with Gasteiger partial charge in [0.15, 0.2) is 0 Å². The summed E-state index contributed by atoms with van der Waals surface area (Å²) in [5.74, 6) is 1.56. The number of hydrogen-bond acceptors (Lipinski definition) is 7. The quantitative estimate of drug-likeness (QED) is 0.473. The summed E-state index contributed by atoms with van der Waals surface area (Å²) in [4.78, 5) is 19.2. The van der Waals surface area contributed by atoms with Crippen LogP contribution < -0.4 is 15.0 Å². The number of H-pyrrole nitrogens is 1. The molecule has 0 amide bonds. The minimum absolute atomic E-state index is 0.184. The van der Waals surface area contributed by atoms with Gasteiger partial charge in [-0.1, -0.05) is 0 Å². The molecule has 1 saturated heterocycles. The summed E-state index contributed by atoms with van der Waals surface area (Å²) < 4.78 is 20.4. The van der Waals surface area contributed by atoms with Crippen molar-refractivity contribution >= 4 is 33.4 Å². The van der Waals surface area contributed by atoms with Crippen molar-refractivity contribution in [2.75, 3.05) is 23.8 Å². The van der Waals surface area contributed by atoms with E-state index in [0.717, 1.165) is 41.5 Å². The number of anilines is 2. The third kappa shape index (κ3) is 3.13. The predicted molar refractivity (Wildman–Crippen MR) is 123 cm³/mol. The monoisotopic (exact) mass is 443 g/mol. The van der Waals surface area contributed by atoms with E-state index >= 15 is 0 Å². The lowest BCUT2D eigenvalue weighted by molar-refractivity contribution is 0.440. The van der Waals surface area contributed by atoms with Crippen molar-refractivity contribution in [3.8, 4) is 17.8 Å². The molecular formula is C24H22FN7O. The van der Waals surface area contributed by atoms with Crippen LogP contribution in [0.3, 0.4) is 0 Å². The summed E-state index contributed by atoms with van der Waals surface area (Å²) in [7, 11) is 1.76. The van der Waals surface area contributed by atoms with Crippen LogP contribution in [0, 0.1) is 30.0 Å². The number of rotatable bonds is 4. The maximum absolute atomic E-state index is 14.5. The van der Waals surface area contributed by atoms with Gasteiger partial charge in [-0.05, 0) is 55.9 Å².